The highest BCUT2D eigenvalue weighted by molar-refractivity contribution is 7.13. The molecule has 1 atom stereocenters. The first-order chi connectivity index (χ1) is 9.34. The Labute approximate surface area is 123 Å². The van der Waals surface area contributed by atoms with Crippen molar-refractivity contribution < 1.29 is 14.6 Å². The number of carbonyl (C=O) groups is 1. The zero-order valence-electron chi connectivity index (χ0n) is 12.5. The Morgan fingerprint density at radius 3 is 2.90 bits per heavy atom. The molecule has 2 heterocycles. The molecule has 1 aromatic rings. The van der Waals surface area contributed by atoms with E-state index in [2.05, 4.69) is 4.98 Å². The van der Waals surface area contributed by atoms with Crippen LogP contribution in [0.25, 0.3) is 0 Å². The summed E-state index contributed by atoms with van der Waals surface area (Å²) in [7, 11) is 1.61. The zero-order chi connectivity index (χ0) is 14.9. The summed E-state index contributed by atoms with van der Waals surface area (Å²) >= 11 is 1.38. The largest absolute Gasteiger partial charge is 0.388 e. The molecule has 1 fully saturated rings. The minimum absolute atomic E-state index is 0.0213. The SMILES string of the molecule is COCc1nc(C)c(C(=O)N2CCCC2C(C)(C)O)s1. The summed E-state index contributed by atoms with van der Waals surface area (Å²) in [4.78, 5) is 19.5. The summed E-state index contributed by atoms with van der Waals surface area (Å²) in [6.07, 6.45) is 1.78. The van der Waals surface area contributed by atoms with Gasteiger partial charge in [-0.05, 0) is 33.6 Å². The van der Waals surface area contributed by atoms with E-state index < -0.39 is 5.60 Å². The van der Waals surface area contributed by atoms with Crippen LogP contribution in [0.15, 0.2) is 0 Å². The maximum absolute atomic E-state index is 12.7. The summed E-state index contributed by atoms with van der Waals surface area (Å²) in [5.74, 6) is -0.0213. The van der Waals surface area contributed by atoms with Crippen molar-refractivity contribution in [2.75, 3.05) is 13.7 Å². The molecule has 2 rings (SSSR count). The number of likely N-dealkylation sites (tertiary alicyclic amines) is 1. The van der Waals surface area contributed by atoms with Crippen LogP contribution in [0.4, 0.5) is 0 Å². The van der Waals surface area contributed by atoms with E-state index in [0.29, 0.717) is 18.0 Å². The number of thiazole rings is 1. The van der Waals surface area contributed by atoms with Gasteiger partial charge in [-0.1, -0.05) is 0 Å². The Morgan fingerprint density at radius 1 is 1.60 bits per heavy atom. The predicted octanol–water partition coefficient (Wildman–Crippen LogP) is 1.97. The fraction of sp³-hybridized carbons (Fsp3) is 0.714. The van der Waals surface area contributed by atoms with Crippen molar-refractivity contribution in [3.05, 3.63) is 15.6 Å². The van der Waals surface area contributed by atoms with Gasteiger partial charge in [0.05, 0.1) is 23.9 Å². The van der Waals surface area contributed by atoms with E-state index in [1.165, 1.54) is 11.3 Å². The summed E-state index contributed by atoms with van der Waals surface area (Å²) < 4.78 is 5.06. The second-order valence-corrected chi connectivity index (χ2v) is 6.85. The van der Waals surface area contributed by atoms with Crippen LogP contribution in [0.1, 0.15) is 47.1 Å². The van der Waals surface area contributed by atoms with Gasteiger partial charge < -0.3 is 14.7 Å². The molecule has 0 bridgehead atoms. The van der Waals surface area contributed by atoms with Gasteiger partial charge in [-0.3, -0.25) is 4.79 Å². The third-order valence-electron chi connectivity index (χ3n) is 3.63. The summed E-state index contributed by atoms with van der Waals surface area (Å²) in [5, 5.41) is 11.0. The summed E-state index contributed by atoms with van der Waals surface area (Å²) in [6, 6.07) is -0.123. The molecule has 0 radical (unpaired) electrons. The van der Waals surface area contributed by atoms with E-state index in [9.17, 15) is 9.90 Å². The van der Waals surface area contributed by atoms with Gasteiger partial charge in [-0.25, -0.2) is 4.98 Å². The van der Waals surface area contributed by atoms with Crippen molar-refractivity contribution in [1.29, 1.82) is 0 Å². The zero-order valence-corrected chi connectivity index (χ0v) is 13.3. The molecule has 0 saturated carbocycles. The quantitative estimate of drug-likeness (QED) is 0.923. The first-order valence-corrected chi connectivity index (χ1v) is 7.65. The first kappa shape index (κ1) is 15.4. The van der Waals surface area contributed by atoms with Gasteiger partial charge in [0.1, 0.15) is 9.88 Å². The fourth-order valence-corrected chi connectivity index (χ4v) is 3.70. The second-order valence-electron chi connectivity index (χ2n) is 5.77. The number of aryl methyl sites for hydroxylation is 1. The number of rotatable bonds is 4. The Hall–Kier alpha value is -0.980. The molecule has 1 N–H and O–H groups in total. The van der Waals surface area contributed by atoms with Crippen LogP contribution in [0.3, 0.4) is 0 Å². The third kappa shape index (κ3) is 3.02. The monoisotopic (exact) mass is 298 g/mol. The molecule has 112 valence electrons. The Morgan fingerprint density at radius 2 is 2.30 bits per heavy atom. The van der Waals surface area contributed by atoms with Gasteiger partial charge in [0.25, 0.3) is 5.91 Å². The van der Waals surface area contributed by atoms with Gasteiger partial charge in [0, 0.05) is 13.7 Å². The molecule has 1 unspecified atom stereocenters. The van der Waals surface area contributed by atoms with Gasteiger partial charge in [-0.2, -0.15) is 0 Å². The van der Waals surface area contributed by atoms with E-state index in [-0.39, 0.29) is 11.9 Å². The van der Waals surface area contributed by atoms with Gasteiger partial charge >= 0.3 is 0 Å². The molecule has 5 nitrogen and oxygen atoms in total. The molecule has 6 heteroatoms. The highest BCUT2D eigenvalue weighted by Gasteiger charge is 2.39. The van der Waals surface area contributed by atoms with Crippen molar-refractivity contribution in [2.45, 2.75) is 51.9 Å². The number of ether oxygens (including phenoxy) is 1. The van der Waals surface area contributed by atoms with Gasteiger partial charge in [0.15, 0.2) is 0 Å². The smallest absolute Gasteiger partial charge is 0.266 e. The molecule has 0 aliphatic carbocycles. The van der Waals surface area contributed by atoms with E-state index >= 15 is 0 Å². The van der Waals surface area contributed by atoms with Crippen LogP contribution >= 0.6 is 11.3 Å². The predicted molar refractivity (Wildman–Crippen MR) is 77.9 cm³/mol. The highest BCUT2D eigenvalue weighted by atomic mass is 32.1. The number of aromatic nitrogens is 1. The van der Waals surface area contributed by atoms with Crippen LogP contribution in [-0.4, -0.2) is 46.2 Å². The molecular weight excluding hydrogens is 276 g/mol. The highest BCUT2D eigenvalue weighted by Crippen LogP contribution is 2.30. The number of methoxy groups -OCH3 is 1. The maximum Gasteiger partial charge on any atom is 0.266 e. The number of hydrogen-bond donors (Lipinski definition) is 1. The molecule has 20 heavy (non-hydrogen) atoms. The van der Waals surface area contributed by atoms with Crippen LogP contribution < -0.4 is 0 Å². The van der Waals surface area contributed by atoms with Crippen molar-refractivity contribution >= 4 is 17.2 Å². The van der Waals surface area contributed by atoms with Crippen molar-refractivity contribution in [1.82, 2.24) is 9.88 Å². The Balaban J connectivity index is 2.22. The number of hydrogen-bond acceptors (Lipinski definition) is 5. The van der Waals surface area contributed by atoms with E-state index in [0.717, 1.165) is 23.5 Å². The van der Waals surface area contributed by atoms with Crippen LogP contribution in [0.5, 0.6) is 0 Å². The molecular formula is C14H22N2O3S. The fourth-order valence-electron chi connectivity index (χ4n) is 2.71. The van der Waals surface area contributed by atoms with Crippen LogP contribution in [-0.2, 0) is 11.3 Å². The molecule has 1 aliphatic rings. The maximum atomic E-state index is 12.7. The number of nitrogens with zero attached hydrogens (tertiary/aromatic N) is 2. The average Bonchev–Trinajstić information content (AvgIpc) is 2.94. The summed E-state index contributed by atoms with van der Waals surface area (Å²) in [6.45, 7) is 6.49. The van der Waals surface area contributed by atoms with Crippen LogP contribution in [0, 0.1) is 6.92 Å². The normalized spacial score (nSPS) is 19.6. The molecule has 1 aromatic heterocycles. The summed E-state index contributed by atoms with van der Waals surface area (Å²) in [5.41, 5.74) is -0.131. The number of aliphatic hydroxyl groups is 1. The Kier molecular flexibility index (Phi) is 4.46. The molecule has 0 spiro atoms. The first-order valence-electron chi connectivity index (χ1n) is 6.83. The molecule has 1 aliphatic heterocycles. The Bertz CT molecular complexity index is 493. The van der Waals surface area contributed by atoms with Crippen molar-refractivity contribution in [2.24, 2.45) is 0 Å². The molecule has 0 aromatic carbocycles. The van der Waals surface area contributed by atoms with Gasteiger partial charge in [0.2, 0.25) is 0 Å². The third-order valence-corrected chi connectivity index (χ3v) is 4.75. The lowest BCUT2D eigenvalue weighted by molar-refractivity contribution is 0.000479. The van der Waals surface area contributed by atoms with Crippen molar-refractivity contribution in [3.8, 4) is 0 Å². The molecule has 1 saturated heterocycles. The lowest BCUT2D eigenvalue weighted by Crippen LogP contribution is -2.48. The standard InChI is InChI=1S/C14H22N2O3S/c1-9-12(20-11(15-9)8-19-4)13(17)16-7-5-6-10(16)14(2,3)18/h10,18H,5-8H2,1-4H3. The lowest BCUT2D eigenvalue weighted by Gasteiger charge is -2.33. The van der Waals surface area contributed by atoms with Gasteiger partial charge in [-0.15, -0.1) is 11.3 Å². The van der Waals surface area contributed by atoms with E-state index in [1.54, 1.807) is 25.9 Å². The van der Waals surface area contributed by atoms with Crippen molar-refractivity contribution in [3.63, 3.8) is 0 Å². The van der Waals surface area contributed by atoms with E-state index in [4.69, 9.17) is 4.74 Å². The number of carbonyl (C=O) groups excluding carboxylic acids is 1. The van der Waals surface area contributed by atoms with E-state index in [1.807, 2.05) is 6.92 Å². The second kappa shape index (κ2) is 5.79. The molecule has 1 amide bonds. The average molecular weight is 298 g/mol. The minimum Gasteiger partial charge on any atom is -0.388 e. The number of amides is 1. The lowest BCUT2D eigenvalue weighted by atomic mass is 9.96. The topological polar surface area (TPSA) is 62.7 Å². The minimum atomic E-state index is -0.875. The van der Waals surface area contributed by atoms with Crippen LogP contribution in [0.2, 0.25) is 0 Å².